The van der Waals surface area contributed by atoms with Gasteiger partial charge >= 0.3 is 5.97 Å². The largest absolute Gasteiger partial charge is 0.452 e. The molecule has 1 aliphatic rings. The second-order valence-corrected chi connectivity index (χ2v) is 9.73. The quantitative estimate of drug-likeness (QED) is 0.344. The molecule has 1 aliphatic carbocycles. The van der Waals surface area contributed by atoms with Crippen molar-refractivity contribution in [2.45, 2.75) is 45.4 Å². The molecule has 35 heavy (non-hydrogen) atoms. The zero-order chi connectivity index (χ0) is 24.2. The number of carbonyl (C=O) groups excluding carboxylic acids is 2. The van der Waals surface area contributed by atoms with Crippen LogP contribution in [0.2, 0.25) is 0 Å². The van der Waals surface area contributed by atoms with E-state index in [1.165, 1.54) is 23.3 Å². The van der Waals surface area contributed by atoms with Gasteiger partial charge in [0.25, 0.3) is 5.91 Å². The van der Waals surface area contributed by atoms with Crippen molar-refractivity contribution >= 4 is 39.2 Å². The van der Waals surface area contributed by atoms with Gasteiger partial charge < -0.3 is 4.74 Å². The van der Waals surface area contributed by atoms with Crippen LogP contribution in [0.4, 0.5) is 5.13 Å². The van der Waals surface area contributed by atoms with Crippen molar-refractivity contribution in [3.63, 3.8) is 0 Å². The van der Waals surface area contributed by atoms with Crippen molar-refractivity contribution in [2.75, 3.05) is 11.9 Å². The fraction of sp³-hybridized carbons (Fsp3) is 0.286. The Balaban J connectivity index is 1.30. The van der Waals surface area contributed by atoms with E-state index in [0.717, 1.165) is 65.5 Å². The summed E-state index contributed by atoms with van der Waals surface area (Å²) >= 11 is 1.34. The molecular formula is C28H27N3O3S. The average molecular weight is 486 g/mol. The molecule has 7 heteroatoms. The van der Waals surface area contributed by atoms with E-state index < -0.39 is 11.9 Å². The summed E-state index contributed by atoms with van der Waals surface area (Å²) in [7, 11) is 0. The van der Waals surface area contributed by atoms with E-state index >= 15 is 0 Å². The van der Waals surface area contributed by atoms with Gasteiger partial charge in [-0.25, -0.2) is 9.78 Å². The van der Waals surface area contributed by atoms with Gasteiger partial charge in [0, 0.05) is 22.0 Å². The van der Waals surface area contributed by atoms with Gasteiger partial charge in [-0.3, -0.25) is 15.1 Å². The molecule has 2 aromatic carbocycles. The number of thiazole rings is 1. The number of carbonyl (C=O) groups is 2. The summed E-state index contributed by atoms with van der Waals surface area (Å²) in [4.78, 5) is 35.2. The maximum atomic E-state index is 13.3. The van der Waals surface area contributed by atoms with Crippen LogP contribution in [-0.2, 0) is 22.4 Å². The summed E-state index contributed by atoms with van der Waals surface area (Å²) in [5.41, 5.74) is 6.24. The summed E-state index contributed by atoms with van der Waals surface area (Å²) in [6.45, 7) is 1.66. The summed E-state index contributed by atoms with van der Waals surface area (Å²) in [5.74, 6) is -0.889. The Labute approximate surface area is 208 Å². The van der Waals surface area contributed by atoms with E-state index in [-0.39, 0.29) is 6.61 Å². The van der Waals surface area contributed by atoms with Gasteiger partial charge in [-0.15, -0.1) is 11.3 Å². The first-order valence-electron chi connectivity index (χ1n) is 12.0. The van der Waals surface area contributed by atoms with Crippen molar-refractivity contribution in [3.8, 4) is 11.3 Å². The summed E-state index contributed by atoms with van der Waals surface area (Å²) in [6.07, 6.45) is 6.05. The third kappa shape index (κ3) is 5.25. The third-order valence-corrected chi connectivity index (χ3v) is 7.06. The number of aromatic nitrogens is 2. The Morgan fingerprint density at radius 3 is 2.57 bits per heavy atom. The fourth-order valence-electron chi connectivity index (χ4n) is 4.51. The number of nitrogens with one attached hydrogen (secondary N) is 1. The van der Waals surface area contributed by atoms with Crippen LogP contribution in [0, 0.1) is 6.92 Å². The molecule has 0 spiro atoms. The summed E-state index contributed by atoms with van der Waals surface area (Å²) in [6, 6.07) is 15.7. The van der Waals surface area contributed by atoms with E-state index in [4.69, 9.17) is 9.72 Å². The Morgan fingerprint density at radius 2 is 1.74 bits per heavy atom. The molecule has 0 aliphatic heterocycles. The second-order valence-electron chi connectivity index (χ2n) is 8.87. The van der Waals surface area contributed by atoms with E-state index in [1.807, 2.05) is 60.8 Å². The van der Waals surface area contributed by atoms with E-state index in [2.05, 4.69) is 10.3 Å². The highest BCUT2D eigenvalue weighted by Crippen LogP contribution is 2.29. The molecule has 0 atom stereocenters. The van der Waals surface area contributed by atoms with Crippen LogP contribution in [0.3, 0.4) is 0 Å². The predicted molar refractivity (Wildman–Crippen MR) is 139 cm³/mol. The number of para-hydroxylation sites is 1. The lowest BCUT2D eigenvalue weighted by Gasteiger charge is -2.18. The standard InChI is InChI=1S/C28H27N3O3S/c1-18-12-14-19(15-13-18)24-17-35-28(30-24)31-25(32)16-34-27(33)26-20-8-4-2-3-5-10-22(20)29-23-11-7-6-9-21(23)26/h6-7,9,11-15,17H,2-5,8,10,16H2,1H3,(H,30,31,32). The molecule has 0 bridgehead atoms. The third-order valence-electron chi connectivity index (χ3n) is 6.31. The molecule has 6 nitrogen and oxygen atoms in total. The number of pyridine rings is 1. The molecule has 1 N–H and O–H groups in total. The predicted octanol–water partition coefficient (Wildman–Crippen LogP) is 6.12. The number of hydrogen-bond donors (Lipinski definition) is 1. The monoisotopic (exact) mass is 485 g/mol. The molecule has 0 saturated carbocycles. The number of benzene rings is 2. The molecular weight excluding hydrogens is 458 g/mol. The summed E-state index contributed by atoms with van der Waals surface area (Å²) < 4.78 is 5.51. The maximum absolute atomic E-state index is 13.3. The topological polar surface area (TPSA) is 81.2 Å². The number of ether oxygens (including phenoxy) is 1. The van der Waals surface area contributed by atoms with Gasteiger partial charge in [0.05, 0.1) is 16.8 Å². The number of anilines is 1. The number of fused-ring (bicyclic) bond motifs is 2. The number of amides is 1. The van der Waals surface area contributed by atoms with E-state index in [1.54, 1.807) is 0 Å². The lowest BCUT2D eigenvalue weighted by molar-refractivity contribution is -0.119. The Morgan fingerprint density at radius 1 is 0.971 bits per heavy atom. The van der Waals surface area contributed by atoms with Crippen LogP contribution < -0.4 is 5.32 Å². The molecule has 2 aromatic heterocycles. The molecule has 0 saturated heterocycles. The minimum atomic E-state index is -0.477. The number of nitrogens with zero attached hydrogens (tertiary/aromatic N) is 2. The zero-order valence-electron chi connectivity index (χ0n) is 19.7. The van der Waals surface area contributed by atoms with Crippen molar-refractivity contribution in [3.05, 3.63) is 76.3 Å². The minimum absolute atomic E-state index is 0.371. The lowest BCUT2D eigenvalue weighted by Crippen LogP contribution is -2.22. The van der Waals surface area contributed by atoms with Crippen LogP contribution in [0.5, 0.6) is 0 Å². The number of aryl methyl sites for hydroxylation is 2. The SMILES string of the molecule is Cc1ccc(-c2csc(NC(=O)COC(=O)c3c4c(nc5ccccc35)CCCCCC4)n2)cc1. The molecule has 2 heterocycles. The highest BCUT2D eigenvalue weighted by Gasteiger charge is 2.23. The Kier molecular flexibility index (Phi) is 6.86. The number of hydrogen-bond acceptors (Lipinski definition) is 6. The Bertz CT molecular complexity index is 1380. The molecule has 0 unspecified atom stereocenters. The highest BCUT2D eigenvalue weighted by molar-refractivity contribution is 7.14. The van der Waals surface area contributed by atoms with Gasteiger partial charge in [-0.05, 0) is 44.2 Å². The normalized spacial score (nSPS) is 13.5. The van der Waals surface area contributed by atoms with Crippen LogP contribution in [-0.4, -0.2) is 28.5 Å². The minimum Gasteiger partial charge on any atom is -0.452 e. The molecule has 0 radical (unpaired) electrons. The van der Waals surface area contributed by atoms with Gasteiger partial charge in [0.15, 0.2) is 11.7 Å². The highest BCUT2D eigenvalue weighted by atomic mass is 32.1. The first-order chi connectivity index (χ1) is 17.1. The van der Waals surface area contributed by atoms with Gasteiger partial charge in [-0.1, -0.05) is 60.9 Å². The van der Waals surface area contributed by atoms with E-state index in [0.29, 0.717) is 10.7 Å². The average Bonchev–Trinajstić information content (AvgIpc) is 3.31. The van der Waals surface area contributed by atoms with Crippen LogP contribution in [0.25, 0.3) is 22.2 Å². The van der Waals surface area contributed by atoms with Crippen LogP contribution in [0.15, 0.2) is 53.9 Å². The molecule has 178 valence electrons. The van der Waals surface area contributed by atoms with Crippen LogP contribution >= 0.6 is 11.3 Å². The second kappa shape index (κ2) is 10.4. The van der Waals surface area contributed by atoms with Crippen molar-refractivity contribution in [1.29, 1.82) is 0 Å². The zero-order valence-corrected chi connectivity index (χ0v) is 20.5. The molecule has 1 amide bonds. The lowest BCUT2D eigenvalue weighted by atomic mass is 9.91. The van der Waals surface area contributed by atoms with Crippen molar-refractivity contribution < 1.29 is 14.3 Å². The fourth-order valence-corrected chi connectivity index (χ4v) is 5.24. The molecule has 4 aromatic rings. The van der Waals surface area contributed by atoms with Gasteiger partial charge in [0.1, 0.15) is 0 Å². The van der Waals surface area contributed by atoms with Crippen LogP contribution in [0.1, 0.15) is 52.9 Å². The first-order valence-corrected chi connectivity index (χ1v) is 12.9. The smallest absolute Gasteiger partial charge is 0.339 e. The first kappa shape index (κ1) is 23.2. The summed E-state index contributed by atoms with van der Waals surface area (Å²) in [5, 5.41) is 5.89. The van der Waals surface area contributed by atoms with Gasteiger partial charge in [0.2, 0.25) is 0 Å². The number of esters is 1. The van der Waals surface area contributed by atoms with Crippen molar-refractivity contribution in [2.24, 2.45) is 0 Å². The van der Waals surface area contributed by atoms with Gasteiger partial charge in [-0.2, -0.15) is 0 Å². The molecule has 5 rings (SSSR count). The molecule has 0 fully saturated rings. The van der Waals surface area contributed by atoms with Crippen molar-refractivity contribution in [1.82, 2.24) is 9.97 Å². The van der Waals surface area contributed by atoms with E-state index in [9.17, 15) is 9.59 Å². The number of rotatable bonds is 5. The maximum Gasteiger partial charge on any atom is 0.339 e. The Hall–Kier alpha value is -3.58.